The fourth-order valence-corrected chi connectivity index (χ4v) is 3.03. The summed E-state index contributed by atoms with van der Waals surface area (Å²) in [6.07, 6.45) is 2.57. The highest BCUT2D eigenvalue weighted by atomic mass is 16.2. The van der Waals surface area contributed by atoms with Gasteiger partial charge in [-0.25, -0.2) is 0 Å². The minimum absolute atomic E-state index is 0.0273. The normalized spacial score (nSPS) is 17.3. The van der Waals surface area contributed by atoms with E-state index in [1.54, 1.807) is 4.90 Å². The molecule has 3 rings (SSSR count). The highest BCUT2D eigenvalue weighted by Crippen LogP contribution is 2.17. The Morgan fingerprint density at radius 2 is 2.12 bits per heavy atom. The van der Waals surface area contributed by atoms with E-state index in [1.165, 1.54) is 0 Å². The minimum atomic E-state index is -0.0927. The lowest BCUT2D eigenvalue weighted by molar-refractivity contribution is 0.0777. The van der Waals surface area contributed by atoms with Gasteiger partial charge in [0.05, 0.1) is 5.56 Å². The molecule has 0 spiro atoms. The van der Waals surface area contributed by atoms with Gasteiger partial charge in [-0.1, -0.05) is 13.8 Å². The molecule has 0 saturated carbocycles. The standard InChI is InChI=1S/C18H25N5O2/c1-11(2)15-8-16(21-20-15)18(25)23-6-5-14(10-23)19-17(24)13-7-12(3)22(4)9-13/h7-9,11,14H,5-6,10H2,1-4H3,(H,19,24)(H,20,21). The van der Waals surface area contributed by atoms with Gasteiger partial charge >= 0.3 is 0 Å². The van der Waals surface area contributed by atoms with E-state index in [4.69, 9.17) is 0 Å². The van der Waals surface area contributed by atoms with Crippen LogP contribution in [0.2, 0.25) is 0 Å². The van der Waals surface area contributed by atoms with E-state index in [0.29, 0.717) is 30.3 Å². The minimum Gasteiger partial charge on any atom is -0.354 e. The number of carbonyl (C=O) groups is 2. The molecule has 25 heavy (non-hydrogen) atoms. The fraction of sp³-hybridized carbons (Fsp3) is 0.500. The number of hydrogen-bond acceptors (Lipinski definition) is 3. The topological polar surface area (TPSA) is 83.0 Å². The first kappa shape index (κ1) is 17.3. The second kappa shape index (κ2) is 6.74. The Bertz CT molecular complexity index is 770. The van der Waals surface area contributed by atoms with Gasteiger partial charge in [-0.3, -0.25) is 14.7 Å². The number of aromatic nitrogens is 3. The van der Waals surface area contributed by atoms with Crippen LogP contribution in [0.4, 0.5) is 0 Å². The van der Waals surface area contributed by atoms with Crippen LogP contribution in [0.1, 0.15) is 58.4 Å². The lowest BCUT2D eigenvalue weighted by Gasteiger charge is -2.15. The molecule has 7 heteroatoms. The van der Waals surface area contributed by atoms with Gasteiger partial charge in [0.25, 0.3) is 11.8 Å². The number of hydrogen-bond donors (Lipinski definition) is 2. The molecule has 1 atom stereocenters. The first-order chi connectivity index (χ1) is 11.8. The van der Waals surface area contributed by atoms with Crippen molar-refractivity contribution in [2.24, 2.45) is 7.05 Å². The van der Waals surface area contributed by atoms with Gasteiger partial charge in [-0.2, -0.15) is 5.10 Å². The monoisotopic (exact) mass is 343 g/mol. The van der Waals surface area contributed by atoms with Crippen molar-refractivity contribution in [2.45, 2.75) is 39.2 Å². The lowest BCUT2D eigenvalue weighted by atomic mass is 10.1. The van der Waals surface area contributed by atoms with Crippen molar-refractivity contribution in [1.29, 1.82) is 0 Å². The molecule has 0 aliphatic carbocycles. The maximum absolute atomic E-state index is 12.6. The smallest absolute Gasteiger partial charge is 0.274 e. The van der Waals surface area contributed by atoms with E-state index in [0.717, 1.165) is 17.8 Å². The zero-order valence-corrected chi connectivity index (χ0v) is 15.2. The van der Waals surface area contributed by atoms with Crippen LogP contribution < -0.4 is 5.32 Å². The van der Waals surface area contributed by atoms with Crippen LogP contribution in [-0.4, -0.2) is 50.6 Å². The molecule has 134 valence electrons. The molecule has 2 N–H and O–H groups in total. The van der Waals surface area contributed by atoms with E-state index in [2.05, 4.69) is 29.4 Å². The summed E-state index contributed by atoms with van der Waals surface area (Å²) in [6.45, 7) is 7.20. The maximum Gasteiger partial charge on any atom is 0.274 e. The molecule has 1 aliphatic rings. The molecule has 0 aromatic carbocycles. The van der Waals surface area contributed by atoms with Crippen molar-refractivity contribution in [2.75, 3.05) is 13.1 Å². The number of H-pyrrole nitrogens is 1. The third-order valence-corrected chi connectivity index (χ3v) is 4.77. The number of aryl methyl sites for hydroxylation is 2. The summed E-state index contributed by atoms with van der Waals surface area (Å²) in [5.41, 5.74) is 3.08. The number of rotatable bonds is 4. The third-order valence-electron chi connectivity index (χ3n) is 4.77. The van der Waals surface area contributed by atoms with Crippen LogP contribution in [0.15, 0.2) is 18.3 Å². The van der Waals surface area contributed by atoms with Crippen LogP contribution in [0.25, 0.3) is 0 Å². The van der Waals surface area contributed by atoms with Gasteiger partial charge in [-0.05, 0) is 31.4 Å². The maximum atomic E-state index is 12.6. The van der Waals surface area contributed by atoms with Crippen molar-refractivity contribution >= 4 is 11.8 Å². The Hall–Kier alpha value is -2.57. The number of nitrogens with one attached hydrogen (secondary N) is 2. The van der Waals surface area contributed by atoms with Crippen molar-refractivity contribution in [3.8, 4) is 0 Å². The van der Waals surface area contributed by atoms with Gasteiger partial charge in [0.2, 0.25) is 0 Å². The highest BCUT2D eigenvalue weighted by molar-refractivity contribution is 5.95. The molecule has 2 amide bonds. The molecule has 2 aromatic heterocycles. The zero-order chi connectivity index (χ0) is 18.1. The molecule has 1 unspecified atom stereocenters. The Morgan fingerprint density at radius 1 is 1.36 bits per heavy atom. The highest BCUT2D eigenvalue weighted by Gasteiger charge is 2.29. The van der Waals surface area contributed by atoms with Gasteiger partial charge < -0.3 is 14.8 Å². The fourth-order valence-electron chi connectivity index (χ4n) is 3.03. The predicted molar refractivity (Wildman–Crippen MR) is 94.6 cm³/mol. The molecule has 3 heterocycles. The molecule has 0 bridgehead atoms. The molecular formula is C18H25N5O2. The molecular weight excluding hydrogens is 318 g/mol. The summed E-state index contributed by atoms with van der Waals surface area (Å²) in [6, 6.07) is 3.65. The molecule has 1 fully saturated rings. The summed E-state index contributed by atoms with van der Waals surface area (Å²) in [5, 5.41) is 10.1. The molecule has 0 radical (unpaired) electrons. The van der Waals surface area contributed by atoms with Crippen LogP contribution in [0.3, 0.4) is 0 Å². The van der Waals surface area contributed by atoms with Crippen molar-refractivity contribution in [3.63, 3.8) is 0 Å². The SMILES string of the molecule is Cc1cc(C(=O)NC2CCN(C(=O)c3cc(C(C)C)[nH]n3)C2)cn1C. The lowest BCUT2D eigenvalue weighted by Crippen LogP contribution is -2.38. The average molecular weight is 343 g/mol. The largest absolute Gasteiger partial charge is 0.354 e. The van der Waals surface area contributed by atoms with Gasteiger partial charge in [0.1, 0.15) is 5.69 Å². The van der Waals surface area contributed by atoms with Gasteiger partial charge in [0.15, 0.2) is 0 Å². The first-order valence-corrected chi connectivity index (χ1v) is 8.63. The second-order valence-corrected chi connectivity index (χ2v) is 7.05. The van der Waals surface area contributed by atoms with Crippen molar-refractivity contribution in [1.82, 2.24) is 25.0 Å². The van der Waals surface area contributed by atoms with Crippen LogP contribution in [0.5, 0.6) is 0 Å². The van der Waals surface area contributed by atoms with E-state index in [9.17, 15) is 9.59 Å². The van der Waals surface area contributed by atoms with E-state index in [-0.39, 0.29) is 17.9 Å². The molecule has 1 aliphatic heterocycles. The predicted octanol–water partition coefficient (Wildman–Crippen LogP) is 1.82. The van der Waals surface area contributed by atoms with Gasteiger partial charge in [0, 0.05) is 43.8 Å². The number of likely N-dealkylation sites (tertiary alicyclic amines) is 1. The number of aromatic amines is 1. The molecule has 1 saturated heterocycles. The second-order valence-electron chi connectivity index (χ2n) is 7.05. The van der Waals surface area contributed by atoms with E-state index in [1.807, 2.05) is 36.9 Å². The number of carbonyl (C=O) groups excluding carboxylic acids is 2. The third kappa shape index (κ3) is 3.60. The Kier molecular flexibility index (Phi) is 4.65. The van der Waals surface area contributed by atoms with Gasteiger partial charge in [-0.15, -0.1) is 0 Å². The van der Waals surface area contributed by atoms with E-state index < -0.39 is 0 Å². The Balaban J connectivity index is 1.59. The first-order valence-electron chi connectivity index (χ1n) is 8.63. The average Bonchev–Trinajstić information content (AvgIpc) is 3.28. The summed E-state index contributed by atoms with van der Waals surface area (Å²) in [7, 11) is 1.91. The van der Waals surface area contributed by atoms with Crippen LogP contribution in [0, 0.1) is 6.92 Å². The summed E-state index contributed by atoms with van der Waals surface area (Å²) in [4.78, 5) is 26.7. The van der Waals surface area contributed by atoms with Crippen molar-refractivity contribution < 1.29 is 9.59 Å². The number of nitrogens with zero attached hydrogens (tertiary/aromatic N) is 3. The Labute approximate surface area is 147 Å². The molecule has 2 aromatic rings. The quantitative estimate of drug-likeness (QED) is 0.888. The van der Waals surface area contributed by atoms with E-state index >= 15 is 0 Å². The zero-order valence-electron chi connectivity index (χ0n) is 15.2. The summed E-state index contributed by atoms with van der Waals surface area (Å²) >= 11 is 0. The Morgan fingerprint density at radius 3 is 2.72 bits per heavy atom. The summed E-state index contributed by atoms with van der Waals surface area (Å²) < 4.78 is 1.92. The van der Waals surface area contributed by atoms with Crippen molar-refractivity contribution in [3.05, 3.63) is 41.0 Å². The molecule has 7 nitrogen and oxygen atoms in total. The summed E-state index contributed by atoms with van der Waals surface area (Å²) in [5.74, 6) is 0.120. The van der Waals surface area contributed by atoms with Crippen LogP contribution >= 0.6 is 0 Å². The van der Waals surface area contributed by atoms with Crippen LogP contribution in [-0.2, 0) is 7.05 Å². The number of amides is 2.